The summed E-state index contributed by atoms with van der Waals surface area (Å²) in [5, 5.41) is 2.92. The standard InChI is InChI=1S/C14H25N3O3S/c18-14(15-12-5-9-21(19,20)11-12)17-8-3-4-13(17)10-16-6-1-2-7-16/h12-13H,1-11H2,(H,15,18)/t12-,13+/m1/s1. The van der Waals surface area contributed by atoms with E-state index in [4.69, 9.17) is 0 Å². The SMILES string of the molecule is O=C(N[C@@H]1CCS(=O)(=O)C1)N1CCC[C@H]1CN1CCCC1. The number of sulfone groups is 1. The molecule has 7 heteroatoms. The molecule has 0 aromatic rings. The molecule has 21 heavy (non-hydrogen) atoms. The fourth-order valence-corrected chi connectivity index (χ4v) is 5.40. The molecule has 1 N–H and O–H groups in total. The van der Waals surface area contributed by atoms with Crippen LogP contribution in [0.2, 0.25) is 0 Å². The zero-order chi connectivity index (χ0) is 14.9. The van der Waals surface area contributed by atoms with Crippen LogP contribution in [0.4, 0.5) is 4.79 Å². The van der Waals surface area contributed by atoms with Gasteiger partial charge in [0.2, 0.25) is 0 Å². The van der Waals surface area contributed by atoms with E-state index in [0.717, 1.165) is 39.0 Å². The minimum atomic E-state index is -2.94. The second-order valence-electron chi connectivity index (χ2n) is 6.55. The highest BCUT2D eigenvalue weighted by atomic mass is 32.2. The lowest BCUT2D eigenvalue weighted by atomic mass is 10.2. The molecule has 3 saturated heterocycles. The van der Waals surface area contributed by atoms with Crippen molar-refractivity contribution in [3.05, 3.63) is 0 Å². The van der Waals surface area contributed by atoms with Crippen molar-refractivity contribution in [3.8, 4) is 0 Å². The Bertz CT molecular complexity index is 488. The summed E-state index contributed by atoms with van der Waals surface area (Å²) < 4.78 is 22.9. The molecule has 3 heterocycles. The molecule has 0 aromatic carbocycles. The Morgan fingerprint density at radius 3 is 2.52 bits per heavy atom. The minimum Gasteiger partial charge on any atom is -0.334 e. The van der Waals surface area contributed by atoms with E-state index < -0.39 is 9.84 Å². The number of carbonyl (C=O) groups is 1. The second-order valence-corrected chi connectivity index (χ2v) is 8.78. The third kappa shape index (κ3) is 3.69. The van der Waals surface area contributed by atoms with E-state index in [-0.39, 0.29) is 23.6 Å². The van der Waals surface area contributed by atoms with E-state index in [9.17, 15) is 13.2 Å². The Morgan fingerprint density at radius 2 is 1.86 bits per heavy atom. The van der Waals surface area contributed by atoms with Crippen LogP contribution in [-0.4, -0.2) is 74.0 Å². The van der Waals surface area contributed by atoms with Crippen molar-refractivity contribution in [2.24, 2.45) is 0 Å². The largest absolute Gasteiger partial charge is 0.334 e. The quantitative estimate of drug-likeness (QED) is 0.821. The fraction of sp³-hybridized carbons (Fsp3) is 0.929. The average molecular weight is 315 g/mol. The molecular weight excluding hydrogens is 290 g/mol. The van der Waals surface area contributed by atoms with Gasteiger partial charge >= 0.3 is 6.03 Å². The maximum atomic E-state index is 12.4. The van der Waals surface area contributed by atoms with E-state index in [0.29, 0.717) is 12.5 Å². The third-order valence-electron chi connectivity index (χ3n) is 4.87. The molecule has 3 aliphatic heterocycles. The van der Waals surface area contributed by atoms with Crippen molar-refractivity contribution < 1.29 is 13.2 Å². The van der Waals surface area contributed by atoms with Gasteiger partial charge in [-0.1, -0.05) is 0 Å². The van der Waals surface area contributed by atoms with Gasteiger partial charge in [0.15, 0.2) is 9.84 Å². The normalized spacial score (nSPS) is 32.7. The molecule has 0 saturated carbocycles. The van der Waals surface area contributed by atoms with Crippen molar-refractivity contribution in [2.75, 3.05) is 37.7 Å². The molecule has 3 aliphatic rings. The maximum Gasteiger partial charge on any atom is 0.317 e. The fourth-order valence-electron chi connectivity index (χ4n) is 3.72. The summed E-state index contributed by atoms with van der Waals surface area (Å²) in [4.78, 5) is 16.8. The van der Waals surface area contributed by atoms with Crippen molar-refractivity contribution in [3.63, 3.8) is 0 Å². The van der Waals surface area contributed by atoms with Crippen LogP contribution in [-0.2, 0) is 9.84 Å². The highest BCUT2D eigenvalue weighted by molar-refractivity contribution is 7.91. The predicted octanol–water partition coefficient (Wildman–Crippen LogP) is 0.443. The lowest BCUT2D eigenvalue weighted by Crippen LogP contribution is -2.50. The summed E-state index contributed by atoms with van der Waals surface area (Å²) in [6.07, 6.45) is 5.19. The molecule has 3 fully saturated rings. The number of rotatable bonds is 3. The van der Waals surface area contributed by atoms with Crippen LogP contribution in [0.15, 0.2) is 0 Å². The number of carbonyl (C=O) groups excluding carboxylic acids is 1. The van der Waals surface area contributed by atoms with Gasteiger partial charge in [-0.3, -0.25) is 0 Å². The second kappa shape index (κ2) is 6.12. The van der Waals surface area contributed by atoms with E-state index in [2.05, 4.69) is 10.2 Å². The van der Waals surface area contributed by atoms with Gasteiger partial charge in [-0.25, -0.2) is 13.2 Å². The number of urea groups is 1. The molecule has 0 spiro atoms. The van der Waals surface area contributed by atoms with Crippen LogP contribution in [0.1, 0.15) is 32.1 Å². The van der Waals surface area contributed by atoms with Gasteiger partial charge in [0.25, 0.3) is 0 Å². The monoisotopic (exact) mass is 315 g/mol. The van der Waals surface area contributed by atoms with Crippen LogP contribution in [0.25, 0.3) is 0 Å². The minimum absolute atomic E-state index is 0.0706. The zero-order valence-corrected chi connectivity index (χ0v) is 13.3. The van der Waals surface area contributed by atoms with E-state index >= 15 is 0 Å². The van der Waals surface area contributed by atoms with E-state index in [1.807, 2.05) is 4.90 Å². The Kier molecular flexibility index (Phi) is 4.40. The Balaban J connectivity index is 1.53. The van der Waals surface area contributed by atoms with Gasteiger partial charge in [-0.15, -0.1) is 0 Å². The first-order chi connectivity index (χ1) is 10.0. The molecule has 2 amide bonds. The summed E-state index contributed by atoms with van der Waals surface area (Å²) in [5.74, 6) is 0.304. The summed E-state index contributed by atoms with van der Waals surface area (Å²) >= 11 is 0. The number of hydrogen-bond acceptors (Lipinski definition) is 4. The van der Waals surface area contributed by atoms with Crippen molar-refractivity contribution in [1.82, 2.24) is 15.1 Å². The first-order valence-electron chi connectivity index (χ1n) is 8.03. The Hall–Kier alpha value is -0.820. The molecule has 0 aliphatic carbocycles. The van der Waals surface area contributed by atoms with Crippen LogP contribution in [0.5, 0.6) is 0 Å². The van der Waals surface area contributed by atoms with Crippen molar-refractivity contribution in [2.45, 2.75) is 44.2 Å². The molecule has 0 aromatic heterocycles. The Labute approximate surface area is 126 Å². The molecule has 0 radical (unpaired) electrons. The summed E-state index contributed by atoms with van der Waals surface area (Å²) in [6, 6.07) is 0.0236. The topological polar surface area (TPSA) is 69.7 Å². The summed E-state index contributed by atoms with van der Waals surface area (Å²) in [5.41, 5.74) is 0. The molecular formula is C14H25N3O3S. The molecule has 2 atom stereocenters. The van der Waals surface area contributed by atoms with E-state index in [1.54, 1.807) is 0 Å². The van der Waals surface area contributed by atoms with Crippen LogP contribution in [0, 0.1) is 0 Å². The predicted molar refractivity (Wildman–Crippen MR) is 81.0 cm³/mol. The molecule has 0 bridgehead atoms. The van der Waals surface area contributed by atoms with Gasteiger partial charge < -0.3 is 15.1 Å². The maximum absolute atomic E-state index is 12.4. The number of amides is 2. The number of hydrogen-bond donors (Lipinski definition) is 1. The summed E-state index contributed by atoms with van der Waals surface area (Å²) in [6.45, 7) is 4.06. The first-order valence-corrected chi connectivity index (χ1v) is 9.85. The highest BCUT2D eigenvalue weighted by Crippen LogP contribution is 2.21. The van der Waals surface area contributed by atoms with Gasteiger partial charge in [-0.2, -0.15) is 0 Å². The average Bonchev–Trinajstić information content (AvgIpc) is 3.12. The molecule has 120 valence electrons. The van der Waals surface area contributed by atoms with Crippen LogP contribution >= 0.6 is 0 Å². The first kappa shape index (κ1) is 15.1. The van der Waals surface area contributed by atoms with Gasteiger partial charge in [0, 0.05) is 25.2 Å². The Morgan fingerprint density at radius 1 is 1.10 bits per heavy atom. The van der Waals surface area contributed by atoms with Crippen LogP contribution < -0.4 is 5.32 Å². The lowest BCUT2D eigenvalue weighted by Gasteiger charge is -2.29. The number of nitrogens with one attached hydrogen (secondary N) is 1. The van der Waals surface area contributed by atoms with Crippen molar-refractivity contribution >= 4 is 15.9 Å². The summed E-state index contributed by atoms with van der Waals surface area (Å²) in [7, 11) is -2.94. The highest BCUT2D eigenvalue weighted by Gasteiger charge is 2.34. The van der Waals surface area contributed by atoms with Crippen LogP contribution in [0.3, 0.4) is 0 Å². The smallest absolute Gasteiger partial charge is 0.317 e. The third-order valence-corrected chi connectivity index (χ3v) is 6.63. The molecule has 6 nitrogen and oxygen atoms in total. The van der Waals surface area contributed by atoms with E-state index in [1.165, 1.54) is 12.8 Å². The van der Waals surface area contributed by atoms with Crippen molar-refractivity contribution in [1.29, 1.82) is 0 Å². The van der Waals surface area contributed by atoms with Gasteiger partial charge in [-0.05, 0) is 45.2 Å². The zero-order valence-electron chi connectivity index (χ0n) is 12.5. The molecule has 3 rings (SSSR count). The molecule has 0 unspecified atom stereocenters. The van der Waals surface area contributed by atoms with Gasteiger partial charge in [0.1, 0.15) is 0 Å². The number of nitrogens with zero attached hydrogens (tertiary/aromatic N) is 2. The van der Waals surface area contributed by atoms with Gasteiger partial charge in [0.05, 0.1) is 11.5 Å². The lowest BCUT2D eigenvalue weighted by molar-refractivity contribution is 0.172. The number of likely N-dealkylation sites (tertiary alicyclic amines) is 2.